The van der Waals surface area contributed by atoms with Crippen LogP contribution in [-0.2, 0) is 13.6 Å². The van der Waals surface area contributed by atoms with Crippen LogP contribution in [0.15, 0.2) is 47.7 Å². The third-order valence-electron chi connectivity index (χ3n) is 5.32. The molecule has 5 nitrogen and oxygen atoms in total. The third kappa shape index (κ3) is 3.75. The molecule has 28 heavy (non-hydrogen) atoms. The number of halogens is 2. The molecule has 3 heterocycles. The number of nitrogens with zero attached hydrogens (tertiary/aromatic N) is 3. The quantitative estimate of drug-likeness (QED) is 0.728. The normalized spacial score (nSPS) is 17.2. The molecule has 0 saturated carbocycles. The first-order chi connectivity index (χ1) is 13.5. The van der Waals surface area contributed by atoms with Crippen LogP contribution < -0.4 is 15.6 Å². The predicted octanol–water partition coefficient (Wildman–Crippen LogP) is 3.48. The molecule has 0 unspecified atom stereocenters. The molecule has 1 N–H and O–H groups in total. The highest BCUT2D eigenvalue weighted by atomic mass is 35.5. The summed E-state index contributed by atoms with van der Waals surface area (Å²) >= 11 is 5.87. The highest BCUT2D eigenvalue weighted by Gasteiger charge is 2.20. The zero-order valence-corrected chi connectivity index (χ0v) is 16.4. The molecule has 1 aromatic carbocycles. The Labute approximate surface area is 167 Å². The van der Waals surface area contributed by atoms with E-state index in [1.165, 1.54) is 12.1 Å². The van der Waals surface area contributed by atoms with Crippen molar-refractivity contribution in [1.29, 1.82) is 0 Å². The van der Waals surface area contributed by atoms with Gasteiger partial charge in [-0.1, -0.05) is 11.6 Å². The molecule has 1 aliphatic heterocycles. The maximum absolute atomic E-state index is 13.9. The highest BCUT2D eigenvalue weighted by Crippen LogP contribution is 2.22. The van der Waals surface area contributed by atoms with E-state index < -0.39 is 5.82 Å². The van der Waals surface area contributed by atoms with Crippen LogP contribution in [0.4, 0.5) is 10.1 Å². The molecule has 1 aliphatic rings. The number of hydrogen-bond acceptors (Lipinski definition) is 4. The Hall–Kier alpha value is -2.44. The van der Waals surface area contributed by atoms with Gasteiger partial charge in [0.05, 0.1) is 22.4 Å². The summed E-state index contributed by atoms with van der Waals surface area (Å²) in [5, 5.41) is 3.87. The molecule has 0 radical (unpaired) electrons. The van der Waals surface area contributed by atoms with Crippen molar-refractivity contribution in [1.82, 2.24) is 14.9 Å². The minimum Gasteiger partial charge on any atom is -0.369 e. The van der Waals surface area contributed by atoms with E-state index in [1.54, 1.807) is 12.4 Å². The van der Waals surface area contributed by atoms with Crippen LogP contribution in [0.2, 0.25) is 5.02 Å². The van der Waals surface area contributed by atoms with Crippen molar-refractivity contribution < 1.29 is 4.39 Å². The average Bonchev–Trinajstić information content (AvgIpc) is 2.72. The number of fused-ring (bicyclic) bond motifs is 1. The van der Waals surface area contributed by atoms with Gasteiger partial charge in [-0.2, -0.15) is 0 Å². The van der Waals surface area contributed by atoms with E-state index >= 15 is 0 Å². The summed E-state index contributed by atoms with van der Waals surface area (Å²) in [6.45, 7) is 2.31. The number of nitrogens with one attached hydrogen (secondary N) is 1. The van der Waals surface area contributed by atoms with Gasteiger partial charge >= 0.3 is 0 Å². The number of rotatable bonds is 4. The number of aromatic nitrogens is 2. The lowest BCUT2D eigenvalue weighted by molar-refractivity contribution is 0.420. The fraction of sp³-hybridized carbons (Fsp3) is 0.333. The number of pyridine rings is 2. The van der Waals surface area contributed by atoms with Gasteiger partial charge in [-0.05, 0) is 37.1 Å². The summed E-state index contributed by atoms with van der Waals surface area (Å²) in [5.41, 5.74) is 2.20. The largest absolute Gasteiger partial charge is 0.369 e. The maximum atomic E-state index is 13.9. The van der Waals surface area contributed by atoms with Crippen LogP contribution in [0.25, 0.3) is 10.9 Å². The lowest BCUT2D eigenvalue weighted by Gasteiger charge is -2.34. The summed E-state index contributed by atoms with van der Waals surface area (Å²) in [6, 6.07) is 7.01. The minimum absolute atomic E-state index is 0.0195. The maximum Gasteiger partial charge on any atom is 0.193 e. The Balaban J connectivity index is 1.52. The minimum atomic E-state index is -0.573. The van der Waals surface area contributed by atoms with Crippen molar-refractivity contribution in [2.45, 2.75) is 25.4 Å². The lowest BCUT2D eigenvalue weighted by Crippen LogP contribution is -2.46. The first-order valence-electron chi connectivity index (χ1n) is 9.38. The van der Waals surface area contributed by atoms with Gasteiger partial charge in [-0.25, -0.2) is 4.39 Å². The first kappa shape index (κ1) is 18.9. The lowest BCUT2D eigenvalue weighted by atomic mass is 10.0. The number of anilines is 1. The van der Waals surface area contributed by atoms with Gasteiger partial charge in [0.15, 0.2) is 5.43 Å². The molecule has 4 rings (SSSR count). The Morgan fingerprint density at radius 2 is 2.25 bits per heavy atom. The predicted molar refractivity (Wildman–Crippen MR) is 110 cm³/mol. The van der Waals surface area contributed by atoms with Crippen LogP contribution in [0.5, 0.6) is 0 Å². The molecule has 1 fully saturated rings. The van der Waals surface area contributed by atoms with Crippen molar-refractivity contribution in [3.05, 3.63) is 69.5 Å². The SMILES string of the molecule is Cn1cc(CN[C@H]2CCCN(c3cccnc3)C2)c(=O)c2cc(F)c(Cl)cc21. The molecule has 3 aromatic rings. The van der Waals surface area contributed by atoms with E-state index in [1.807, 2.05) is 23.9 Å². The zero-order valence-electron chi connectivity index (χ0n) is 15.7. The Morgan fingerprint density at radius 1 is 1.39 bits per heavy atom. The number of piperidine rings is 1. The van der Waals surface area contributed by atoms with E-state index in [2.05, 4.69) is 21.3 Å². The third-order valence-corrected chi connectivity index (χ3v) is 5.61. The summed E-state index contributed by atoms with van der Waals surface area (Å²) in [4.78, 5) is 19.3. The molecule has 7 heteroatoms. The summed E-state index contributed by atoms with van der Waals surface area (Å²) in [6.07, 6.45) is 7.57. The van der Waals surface area contributed by atoms with E-state index in [0.29, 0.717) is 23.0 Å². The Kier molecular flexibility index (Phi) is 5.33. The topological polar surface area (TPSA) is 50.2 Å². The van der Waals surface area contributed by atoms with E-state index in [9.17, 15) is 9.18 Å². The second-order valence-corrected chi connectivity index (χ2v) is 7.66. The Morgan fingerprint density at radius 3 is 3.04 bits per heavy atom. The fourth-order valence-corrected chi connectivity index (χ4v) is 4.00. The molecule has 0 spiro atoms. The summed E-state index contributed by atoms with van der Waals surface area (Å²) in [7, 11) is 1.84. The van der Waals surface area contributed by atoms with Gasteiger partial charge in [0.1, 0.15) is 5.82 Å². The van der Waals surface area contributed by atoms with Crippen molar-refractivity contribution in [2.24, 2.45) is 7.05 Å². The second kappa shape index (κ2) is 7.89. The van der Waals surface area contributed by atoms with Crippen LogP contribution in [0, 0.1) is 5.82 Å². The Bertz CT molecular complexity index is 1050. The summed E-state index contributed by atoms with van der Waals surface area (Å²) in [5.74, 6) is -0.573. The van der Waals surface area contributed by atoms with Crippen LogP contribution in [-0.4, -0.2) is 28.7 Å². The van der Waals surface area contributed by atoms with Crippen LogP contribution >= 0.6 is 11.6 Å². The van der Waals surface area contributed by atoms with E-state index in [0.717, 1.165) is 31.6 Å². The highest BCUT2D eigenvalue weighted by molar-refractivity contribution is 6.31. The molecular formula is C21H22ClFN4O. The van der Waals surface area contributed by atoms with Crippen LogP contribution in [0.3, 0.4) is 0 Å². The molecule has 2 aromatic heterocycles. The molecule has 0 bridgehead atoms. The van der Waals surface area contributed by atoms with E-state index in [4.69, 9.17) is 11.6 Å². The van der Waals surface area contributed by atoms with Crippen molar-refractivity contribution in [3.8, 4) is 0 Å². The van der Waals surface area contributed by atoms with Gasteiger partial charge in [0.2, 0.25) is 0 Å². The monoisotopic (exact) mass is 400 g/mol. The van der Waals surface area contributed by atoms with Crippen LogP contribution in [0.1, 0.15) is 18.4 Å². The molecule has 1 saturated heterocycles. The fourth-order valence-electron chi connectivity index (χ4n) is 3.84. The van der Waals surface area contributed by atoms with Gasteiger partial charge in [0, 0.05) is 56.1 Å². The van der Waals surface area contributed by atoms with Gasteiger partial charge in [0.25, 0.3) is 0 Å². The number of hydrogen-bond donors (Lipinski definition) is 1. The van der Waals surface area contributed by atoms with Gasteiger partial charge < -0.3 is 14.8 Å². The number of aryl methyl sites for hydroxylation is 1. The van der Waals surface area contributed by atoms with Crippen molar-refractivity contribution >= 4 is 28.2 Å². The smallest absolute Gasteiger partial charge is 0.193 e. The second-order valence-electron chi connectivity index (χ2n) is 7.26. The molecule has 1 atom stereocenters. The zero-order chi connectivity index (χ0) is 19.7. The molecular weight excluding hydrogens is 379 g/mol. The standard InChI is InChI=1S/C21H22ClFN4O/c1-26-12-14(21(28)17-8-19(23)18(22)9-20(17)26)10-25-15-4-3-7-27(13-15)16-5-2-6-24-11-16/h2,5-6,8-9,11-12,15,25H,3-4,7,10,13H2,1H3/t15-/m0/s1. The molecule has 0 amide bonds. The first-order valence-corrected chi connectivity index (χ1v) is 9.76. The summed E-state index contributed by atoms with van der Waals surface area (Å²) < 4.78 is 15.7. The van der Waals surface area contributed by atoms with Gasteiger partial charge in [-0.15, -0.1) is 0 Å². The van der Waals surface area contributed by atoms with Crippen molar-refractivity contribution in [3.63, 3.8) is 0 Å². The number of benzene rings is 1. The average molecular weight is 401 g/mol. The molecule has 146 valence electrons. The van der Waals surface area contributed by atoms with E-state index in [-0.39, 0.29) is 16.5 Å². The van der Waals surface area contributed by atoms with Gasteiger partial charge in [-0.3, -0.25) is 9.78 Å². The van der Waals surface area contributed by atoms with Crippen molar-refractivity contribution in [2.75, 3.05) is 18.0 Å². The molecule has 0 aliphatic carbocycles.